The first-order chi connectivity index (χ1) is 11.7. The van der Waals surface area contributed by atoms with Crippen LogP contribution in [0.25, 0.3) is 0 Å². The fourth-order valence-electron chi connectivity index (χ4n) is 2.00. The van der Waals surface area contributed by atoms with Gasteiger partial charge in [0.25, 0.3) is 0 Å². The van der Waals surface area contributed by atoms with Crippen LogP contribution in [-0.4, -0.2) is 17.4 Å². The average Bonchev–Trinajstić information content (AvgIpc) is 2.63. The summed E-state index contributed by atoms with van der Waals surface area (Å²) in [6.07, 6.45) is 6.15. The van der Waals surface area contributed by atoms with Crippen LogP contribution in [0.1, 0.15) is 51.8 Å². The minimum absolute atomic E-state index is 0.0491. The quantitative estimate of drug-likeness (QED) is 0.773. The van der Waals surface area contributed by atoms with Crippen molar-refractivity contribution in [1.29, 1.82) is 0 Å². The molecule has 0 unspecified atom stereocenters. The van der Waals surface area contributed by atoms with Crippen LogP contribution in [0.4, 0.5) is 0 Å². The van der Waals surface area contributed by atoms with Crippen molar-refractivity contribution in [1.82, 2.24) is 10.3 Å². The Morgan fingerprint density at radius 2 is 1.67 bits per heavy atom. The molecule has 2 rings (SSSR count). The highest BCUT2D eigenvalue weighted by molar-refractivity contribution is 5.72. The van der Waals surface area contributed by atoms with E-state index in [4.69, 9.17) is 0 Å². The molecule has 1 aromatic carbocycles. The summed E-state index contributed by atoms with van der Waals surface area (Å²) < 4.78 is 0. The minimum atomic E-state index is 0.0491. The van der Waals surface area contributed by atoms with E-state index in [0.29, 0.717) is 0 Å². The van der Waals surface area contributed by atoms with E-state index in [-0.39, 0.29) is 5.91 Å². The molecule has 0 aliphatic heterocycles. The lowest BCUT2D eigenvalue weighted by Gasteiger charge is -2.01. The number of carbonyl (C=O) groups excluding carboxylic acids is 1. The lowest BCUT2D eigenvalue weighted by atomic mass is 10.1. The predicted molar refractivity (Wildman–Crippen MR) is 103 cm³/mol. The van der Waals surface area contributed by atoms with Crippen molar-refractivity contribution in [3.8, 4) is 0 Å². The summed E-state index contributed by atoms with van der Waals surface area (Å²) in [5.74, 6) is 0.0491. The van der Waals surface area contributed by atoms with Gasteiger partial charge in [-0.15, -0.1) is 0 Å². The van der Waals surface area contributed by atoms with Gasteiger partial charge in [-0.25, -0.2) is 0 Å². The number of hydrogen-bond donors (Lipinski definition) is 1. The molecule has 132 valence electrons. The highest BCUT2D eigenvalue weighted by atomic mass is 16.1. The third kappa shape index (κ3) is 12.4. The Labute approximate surface area is 147 Å². The van der Waals surface area contributed by atoms with Crippen LogP contribution in [0.3, 0.4) is 0 Å². The second-order valence-electron chi connectivity index (χ2n) is 5.14. The maximum Gasteiger partial charge on any atom is 0.216 e. The summed E-state index contributed by atoms with van der Waals surface area (Å²) in [4.78, 5) is 14.7. The topological polar surface area (TPSA) is 42.0 Å². The van der Waals surface area contributed by atoms with E-state index in [1.165, 1.54) is 17.7 Å². The summed E-state index contributed by atoms with van der Waals surface area (Å²) in [5.41, 5.74) is 2.52. The third-order valence-electron chi connectivity index (χ3n) is 3.09. The van der Waals surface area contributed by atoms with Gasteiger partial charge in [0.05, 0.1) is 0 Å². The average molecular weight is 328 g/mol. The van der Waals surface area contributed by atoms with E-state index < -0.39 is 0 Å². The Kier molecular flexibility index (Phi) is 14.3. The number of benzene rings is 1. The summed E-state index contributed by atoms with van der Waals surface area (Å²) in [5, 5.41) is 2.78. The molecule has 3 heteroatoms. The number of nitrogens with one attached hydrogen (secondary N) is 1. The van der Waals surface area contributed by atoms with Crippen molar-refractivity contribution in [3.05, 3.63) is 66.0 Å². The zero-order valence-electron chi connectivity index (χ0n) is 15.6. The Hall–Kier alpha value is -2.16. The highest BCUT2D eigenvalue weighted by Crippen LogP contribution is 2.01. The first kappa shape index (κ1) is 21.8. The fraction of sp³-hybridized carbons (Fsp3) is 0.429. The van der Waals surface area contributed by atoms with Crippen LogP contribution in [0.15, 0.2) is 54.7 Å². The number of pyridine rings is 1. The first-order valence-corrected chi connectivity index (χ1v) is 8.90. The maximum absolute atomic E-state index is 10.5. The molecule has 24 heavy (non-hydrogen) atoms. The van der Waals surface area contributed by atoms with E-state index in [1.54, 1.807) is 6.92 Å². The van der Waals surface area contributed by atoms with Crippen molar-refractivity contribution in [2.75, 3.05) is 6.54 Å². The second-order valence-corrected chi connectivity index (χ2v) is 5.14. The normalized spacial score (nSPS) is 9.00. The van der Waals surface area contributed by atoms with Crippen LogP contribution in [0.5, 0.6) is 0 Å². The Bertz CT molecular complexity index is 512. The van der Waals surface area contributed by atoms with E-state index >= 15 is 0 Å². The molecule has 0 radical (unpaired) electrons. The monoisotopic (exact) mass is 328 g/mol. The van der Waals surface area contributed by atoms with E-state index in [0.717, 1.165) is 25.8 Å². The van der Waals surface area contributed by atoms with Crippen LogP contribution in [-0.2, 0) is 17.6 Å². The van der Waals surface area contributed by atoms with Crippen LogP contribution < -0.4 is 5.32 Å². The SMILES string of the molecule is CC.CC(=O)NCCCc1ccccc1.CCCc1ccccn1. The van der Waals surface area contributed by atoms with Gasteiger partial charge in [-0.1, -0.05) is 63.6 Å². The zero-order chi connectivity index (χ0) is 18.0. The van der Waals surface area contributed by atoms with Gasteiger partial charge in [0.15, 0.2) is 0 Å². The lowest BCUT2D eigenvalue weighted by Crippen LogP contribution is -2.21. The molecule has 3 nitrogen and oxygen atoms in total. The Morgan fingerprint density at radius 3 is 2.21 bits per heavy atom. The molecule has 1 heterocycles. The van der Waals surface area contributed by atoms with E-state index in [2.05, 4.69) is 35.4 Å². The summed E-state index contributed by atoms with van der Waals surface area (Å²) in [6.45, 7) is 8.47. The summed E-state index contributed by atoms with van der Waals surface area (Å²) >= 11 is 0. The first-order valence-electron chi connectivity index (χ1n) is 8.90. The molecule has 2 aromatic rings. The molecule has 1 aromatic heterocycles. The van der Waals surface area contributed by atoms with Gasteiger partial charge < -0.3 is 5.32 Å². The smallest absolute Gasteiger partial charge is 0.216 e. The van der Waals surface area contributed by atoms with Crippen molar-refractivity contribution in [3.63, 3.8) is 0 Å². The minimum Gasteiger partial charge on any atom is -0.356 e. The molecule has 1 amide bonds. The van der Waals surface area contributed by atoms with Crippen LogP contribution in [0, 0.1) is 0 Å². The molecule has 0 spiro atoms. The number of carbonyl (C=O) groups is 1. The molecule has 0 bridgehead atoms. The largest absolute Gasteiger partial charge is 0.356 e. The standard InChI is InChI=1S/C11H15NO.C8H11N.C2H6/c1-10(13)12-9-5-8-11-6-3-2-4-7-11;1-2-5-8-6-3-4-7-9-8;1-2/h2-4,6-7H,5,8-9H2,1H3,(H,12,13);3-4,6-7H,2,5H2,1H3;1-2H3. The van der Waals surface area contributed by atoms with Gasteiger partial charge in [-0.2, -0.15) is 0 Å². The Balaban J connectivity index is 0.000000420. The van der Waals surface area contributed by atoms with Crippen molar-refractivity contribution < 1.29 is 4.79 Å². The molecule has 0 saturated carbocycles. The zero-order valence-corrected chi connectivity index (χ0v) is 15.6. The number of amides is 1. The summed E-state index contributed by atoms with van der Waals surface area (Å²) in [7, 11) is 0. The fourth-order valence-corrected chi connectivity index (χ4v) is 2.00. The number of hydrogen-bond acceptors (Lipinski definition) is 2. The Morgan fingerprint density at radius 1 is 1.00 bits per heavy atom. The molecule has 0 saturated heterocycles. The van der Waals surface area contributed by atoms with E-state index in [1.807, 2.05) is 50.4 Å². The van der Waals surface area contributed by atoms with Gasteiger partial charge in [0, 0.05) is 25.4 Å². The summed E-state index contributed by atoms with van der Waals surface area (Å²) in [6, 6.07) is 16.3. The predicted octanol–water partition coefficient (Wildman–Crippen LogP) is 4.82. The molecule has 0 aliphatic rings. The van der Waals surface area contributed by atoms with Gasteiger partial charge in [0.1, 0.15) is 0 Å². The molecular weight excluding hydrogens is 296 g/mol. The molecular formula is C21H32N2O. The van der Waals surface area contributed by atoms with Gasteiger partial charge in [0.2, 0.25) is 5.91 Å². The van der Waals surface area contributed by atoms with E-state index in [9.17, 15) is 4.79 Å². The molecule has 0 aliphatic carbocycles. The van der Waals surface area contributed by atoms with Gasteiger partial charge in [-0.3, -0.25) is 9.78 Å². The van der Waals surface area contributed by atoms with Crippen LogP contribution >= 0.6 is 0 Å². The van der Waals surface area contributed by atoms with Crippen molar-refractivity contribution >= 4 is 5.91 Å². The number of nitrogens with zero attached hydrogens (tertiary/aromatic N) is 1. The van der Waals surface area contributed by atoms with Crippen molar-refractivity contribution in [2.24, 2.45) is 0 Å². The number of aryl methyl sites for hydroxylation is 2. The van der Waals surface area contributed by atoms with Gasteiger partial charge >= 0.3 is 0 Å². The third-order valence-corrected chi connectivity index (χ3v) is 3.09. The molecule has 0 fully saturated rings. The molecule has 0 atom stereocenters. The van der Waals surface area contributed by atoms with Crippen molar-refractivity contribution in [2.45, 2.75) is 53.4 Å². The molecule has 1 N–H and O–H groups in total. The van der Waals surface area contributed by atoms with Gasteiger partial charge in [-0.05, 0) is 37.0 Å². The maximum atomic E-state index is 10.5. The highest BCUT2D eigenvalue weighted by Gasteiger charge is 1.92. The second kappa shape index (κ2) is 15.7. The van der Waals surface area contributed by atoms with Crippen LogP contribution in [0.2, 0.25) is 0 Å². The number of rotatable bonds is 6. The lowest BCUT2D eigenvalue weighted by molar-refractivity contribution is -0.118. The number of aromatic nitrogens is 1.